The summed E-state index contributed by atoms with van der Waals surface area (Å²) in [6.45, 7) is 0.509. The van der Waals surface area contributed by atoms with Crippen LogP contribution in [0.4, 0.5) is 10.1 Å². The largest absolute Gasteiger partial charge is 0.380 e. The SMILES string of the molecule is COCc1ccccc1NC(N)=NC1CC(c2ccccc2F)C1.I. The van der Waals surface area contributed by atoms with Crippen molar-refractivity contribution < 1.29 is 9.13 Å². The monoisotopic (exact) mass is 455 g/mol. The Morgan fingerprint density at radius 1 is 1.20 bits per heavy atom. The lowest BCUT2D eigenvalue weighted by Crippen LogP contribution is -2.32. The highest BCUT2D eigenvalue weighted by atomic mass is 127. The molecule has 0 atom stereocenters. The van der Waals surface area contributed by atoms with Crippen molar-refractivity contribution in [2.24, 2.45) is 10.7 Å². The lowest BCUT2D eigenvalue weighted by Gasteiger charge is -2.33. The number of halogens is 2. The highest BCUT2D eigenvalue weighted by Crippen LogP contribution is 2.39. The summed E-state index contributed by atoms with van der Waals surface area (Å²) in [6, 6.07) is 14.9. The molecule has 0 aromatic heterocycles. The number of rotatable bonds is 5. The summed E-state index contributed by atoms with van der Waals surface area (Å²) in [5.41, 5.74) is 8.72. The Bertz CT molecular complexity index is 732. The van der Waals surface area contributed by atoms with E-state index in [9.17, 15) is 4.39 Å². The third-order valence-electron chi connectivity index (χ3n) is 4.36. The standard InChI is InChI=1S/C19H22FN3O.HI/c1-24-12-13-6-2-5-9-18(13)23-19(21)22-15-10-14(11-15)16-7-3-4-8-17(16)20;/h2-9,14-15H,10-12H2,1H3,(H3,21,22,23);1H. The average molecular weight is 455 g/mol. The summed E-state index contributed by atoms with van der Waals surface area (Å²) in [5, 5.41) is 3.13. The van der Waals surface area contributed by atoms with Gasteiger partial charge in [0.25, 0.3) is 0 Å². The van der Waals surface area contributed by atoms with Crippen molar-refractivity contribution in [1.82, 2.24) is 0 Å². The number of nitrogens with zero attached hydrogens (tertiary/aromatic N) is 1. The van der Waals surface area contributed by atoms with Gasteiger partial charge in [-0.1, -0.05) is 36.4 Å². The van der Waals surface area contributed by atoms with Crippen LogP contribution in [-0.4, -0.2) is 19.1 Å². The maximum atomic E-state index is 13.8. The van der Waals surface area contributed by atoms with E-state index in [0.29, 0.717) is 12.6 Å². The van der Waals surface area contributed by atoms with E-state index in [-0.39, 0.29) is 41.8 Å². The molecule has 0 unspecified atom stereocenters. The number of benzene rings is 2. The molecule has 0 heterocycles. The Morgan fingerprint density at radius 2 is 1.88 bits per heavy atom. The maximum absolute atomic E-state index is 13.8. The lowest BCUT2D eigenvalue weighted by molar-refractivity contribution is 0.185. The Kier molecular flexibility index (Phi) is 7.19. The first-order valence-corrected chi connectivity index (χ1v) is 8.09. The van der Waals surface area contributed by atoms with Crippen LogP contribution in [-0.2, 0) is 11.3 Å². The Labute approximate surface area is 164 Å². The summed E-state index contributed by atoms with van der Waals surface area (Å²) >= 11 is 0. The average Bonchev–Trinajstić information content (AvgIpc) is 2.54. The minimum Gasteiger partial charge on any atom is -0.380 e. The first-order chi connectivity index (χ1) is 11.7. The Hall–Kier alpha value is -1.67. The normalized spacial score (nSPS) is 19.7. The Morgan fingerprint density at radius 3 is 2.60 bits per heavy atom. The quantitative estimate of drug-likeness (QED) is 0.403. The summed E-state index contributed by atoms with van der Waals surface area (Å²) in [4.78, 5) is 4.50. The van der Waals surface area contributed by atoms with Crippen molar-refractivity contribution in [3.63, 3.8) is 0 Å². The van der Waals surface area contributed by atoms with Gasteiger partial charge in [-0.3, -0.25) is 0 Å². The van der Waals surface area contributed by atoms with Gasteiger partial charge in [0, 0.05) is 18.4 Å². The molecule has 1 fully saturated rings. The van der Waals surface area contributed by atoms with Gasteiger partial charge in [0.05, 0.1) is 12.6 Å². The van der Waals surface area contributed by atoms with E-state index in [0.717, 1.165) is 29.7 Å². The van der Waals surface area contributed by atoms with Crippen LogP contribution in [0.1, 0.15) is 29.9 Å². The molecule has 2 aromatic rings. The minimum atomic E-state index is -0.135. The predicted octanol–water partition coefficient (Wildman–Crippen LogP) is 4.26. The molecule has 0 saturated heterocycles. The van der Waals surface area contributed by atoms with Crippen LogP contribution in [0.15, 0.2) is 53.5 Å². The highest BCUT2D eigenvalue weighted by molar-refractivity contribution is 14.0. The zero-order valence-electron chi connectivity index (χ0n) is 14.1. The number of hydrogen-bond acceptors (Lipinski definition) is 2. The fourth-order valence-corrected chi connectivity index (χ4v) is 3.04. The van der Waals surface area contributed by atoms with Crippen molar-refractivity contribution in [2.75, 3.05) is 12.4 Å². The zero-order chi connectivity index (χ0) is 16.9. The van der Waals surface area contributed by atoms with Crippen LogP contribution in [0, 0.1) is 5.82 Å². The molecule has 0 amide bonds. The van der Waals surface area contributed by atoms with Gasteiger partial charge >= 0.3 is 0 Å². The van der Waals surface area contributed by atoms with Crippen molar-refractivity contribution >= 4 is 35.6 Å². The third kappa shape index (κ3) is 4.92. The second-order valence-corrected chi connectivity index (χ2v) is 6.07. The molecule has 3 rings (SSSR count). The summed E-state index contributed by atoms with van der Waals surface area (Å²) < 4.78 is 19.0. The predicted molar refractivity (Wildman–Crippen MR) is 110 cm³/mol. The molecule has 0 radical (unpaired) electrons. The number of hydrogen-bond donors (Lipinski definition) is 2. The number of ether oxygens (including phenoxy) is 1. The van der Waals surface area contributed by atoms with Gasteiger partial charge < -0.3 is 15.8 Å². The summed E-state index contributed by atoms with van der Waals surface area (Å²) in [6.07, 6.45) is 1.64. The van der Waals surface area contributed by atoms with Crippen LogP contribution < -0.4 is 11.1 Å². The van der Waals surface area contributed by atoms with Crippen molar-refractivity contribution in [3.05, 3.63) is 65.5 Å². The van der Waals surface area contributed by atoms with E-state index in [4.69, 9.17) is 10.5 Å². The second-order valence-electron chi connectivity index (χ2n) is 6.07. The van der Waals surface area contributed by atoms with Gasteiger partial charge in [-0.2, -0.15) is 0 Å². The smallest absolute Gasteiger partial charge is 0.193 e. The van der Waals surface area contributed by atoms with E-state index < -0.39 is 0 Å². The summed E-state index contributed by atoms with van der Waals surface area (Å²) in [7, 11) is 1.66. The lowest BCUT2D eigenvalue weighted by atomic mass is 9.76. The summed E-state index contributed by atoms with van der Waals surface area (Å²) in [5.74, 6) is 0.480. The second kappa shape index (κ2) is 9.15. The molecule has 0 bridgehead atoms. The van der Waals surface area contributed by atoms with Gasteiger partial charge in [-0.15, -0.1) is 24.0 Å². The molecule has 3 N–H and O–H groups in total. The number of aliphatic imine (C=N–C) groups is 1. The maximum Gasteiger partial charge on any atom is 0.193 e. The number of anilines is 1. The highest BCUT2D eigenvalue weighted by Gasteiger charge is 2.31. The number of nitrogens with two attached hydrogens (primary N) is 1. The number of guanidine groups is 1. The Balaban J connectivity index is 0.00000225. The molecule has 1 aliphatic carbocycles. The molecule has 134 valence electrons. The first-order valence-electron chi connectivity index (χ1n) is 8.09. The first kappa shape index (κ1) is 19.7. The number of methoxy groups -OCH3 is 1. The molecule has 25 heavy (non-hydrogen) atoms. The zero-order valence-corrected chi connectivity index (χ0v) is 16.4. The molecule has 6 heteroatoms. The molecule has 1 saturated carbocycles. The van der Waals surface area contributed by atoms with Gasteiger partial charge in [0.1, 0.15) is 5.82 Å². The van der Waals surface area contributed by atoms with Crippen LogP contribution in [0.5, 0.6) is 0 Å². The minimum absolute atomic E-state index is 0. The van der Waals surface area contributed by atoms with E-state index in [2.05, 4.69) is 10.3 Å². The van der Waals surface area contributed by atoms with Crippen LogP contribution in [0.3, 0.4) is 0 Å². The van der Waals surface area contributed by atoms with E-state index in [1.54, 1.807) is 13.2 Å². The van der Waals surface area contributed by atoms with Crippen LogP contribution >= 0.6 is 24.0 Å². The van der Waals surface area contributed by atoms with Gasteiger partial charge in [0.15, 0.2) is 5.96 Å². The molecule has 2 aromatic carbocycles. The molecule has 0 spiro atoms. The number of nitrogens with one attached hydrogen (secondary N) is 1. The van der Waals surface area contributed by atoms with Crippen molar-refractivity contribution in [1.29, 1.82) is 0 Å². The van der Waals surface area contributed by atoms with Crippen molar-refractivity contribution in [3.8, 4) is 0 Å². The fraction of sp³-hybridized carbons (Fsp3) is 0.316. The van der Waals surface area contributed by atoms with Gasteiger partial charge in [-0.05, 0) is 36.5 Å². The van der Waals surface area contributed by atoms with Gasteiger partial charge in [-0.25, -0.2) is 9.38 Å². The molecular weight excluding hydrogens is 432 g/mol. The van der Waals surface area contributed by atoms with E-state index in [1.807, 2.05) is 36.4 Å². The van der Waals surface area contributed by atoms with E-state index in [1.165, 1.54) is 6.07 Å². The molecule has 0 aliphatic heterocycles. The van der Waals surface area contributed by atoms with Crippen LogP contribution in [0.2, 0.25) is 0 Å². The van der Waals surface area contributed by atoms with Crippen molar-refractivity contribution in [2.45, 2.75) is 31.4 Å². The third-order valence-corrected chi connectivity index (χ3v) is 4.36. The van der Waals surface area contributed by atoms with Crippen LogP contribution in [0.25, 0.3) is 0 Å². The molecular formula is C19H23FIN3O. The van der Waals surface area contributed by atoms with Gasteiger partial charge in [0.2, 0.25) is 0 Å². The molecule has 1 aliphatic rings. The number of para-hydroxylation sites is 1. The topological polar surface area (TPSA) is 59.6 Å². The van der Waals surface area contributed by atoms with E-state index >= 15 is 0 Å². The molecule has 4 nitrogen and oxygen atoms in total. The fourth-order valence-electron chi connectivity index (χ4n) is 3.04.